The lowest BCUT2D eigenvalue weighted by molar-refractivity contribution is 0.302. The van der Waals surface area contributed by atoms with E-state index < -0.39 is 0 Å². The van der Waals surface area contributed by atoms with Gasteiger partial charge in [-0.25, -0.2) is 5.01 Å². The first kappa shape index (κ1) is 19.4. The zero-order chi connectivity index (χ0) is 20.8. The molecule has 3 heteroatoms. The second kappa shape index (κ2) is 6.84. The van der Waals surface area contributed by atoms with Crippen LogP contribution in [0.3, 0.4) is 0 Å². The Morgan fingerprint density at radius 3 is 1.72 bits per heavy atom. The minimum absolute atomic E-state index is 0.0392. The summed E-state index contributed by atoms with van der Waals surface area (Å²) >= 11 is 0. The molecule has 0 unspecified atom stereocenters. The number of para-hydroxylation sites is 2. The molecule has 0 fully saturated rings. The number of hydrazine groups is 1. The van der Waals surface area contributed by atoms with Crippen molar-refractivity contribution in [1.82, 2.24) is 0 Å². The molecule has 0 amide bonds. The largest absolute Gasteiger partial charge is 0.356 e. The smallest absolute Gasteiger partial charge is 0.187 e. The summed E-state index contributed by atoms with van der Waals surface area (Å²) < 4.78 is 0. The van der Waals surface area contributed by atoms with Gasteiger partial charge in [-0.1, -0.05) is 84.0 Å². The van der Waals surface area contributed by atoms with Gasteiger partial charge in [0.1, 0.15) is 11.4 Å². The quantitative estimate of drug-likeness (QED) is 0.465. The molecule has 0 aliphatic carbocycles. The van der Waals surface area contributed by atoms with Gasteiger partial charge in [-0.15, -0.1) is 5.17 Å². The third kappa shape index (κ3) is 3.57. The number of anilines is 3. The average Bonchev–Trinajstić information content (AvgIpc) is 3.06. The Bertz CT molecular complexity index is 999. The van der Waals surface area contributed by atoms with Crippen LogP contribution < -0.4 is 15.0 Å². The molecule has 4 rings (SSSR count). The van der Waals surface area contributed by atoms with Crippen molar-refractivity contribution >= 4 is 17.1 Å². The van der Waals surface area contributed by atoms with Crippen LogP contribution in [-0.4, -0.2) is 0 Å². The maximum atomic E-state index is 6.54. The van der Waals surface area contributed by atoms with Crippen molar-refractivity contribution in [2.45, 2.75) is 52.4 Å². The van der Waals surface area contributed by atoms with Crippen molar-refractivity contribution in [3.63, 3.8) is 0 Å². The van der Waals surface area contributed by atoms with E-state index >= 15 is 0 Å². The lowest BCUT2D eigenvalue weighted by Crippen LogP contribution is -2.37. The van der Waals surface area contributed by atoms with Gasteiger partial charge < -0.3 is 4.84 Å². The molecule has 0 saturated carbocycles. The van der Waals surface area contributed by atoms with Gasteiger partial charge in [-0.3, -0.25) is 0 Å². The van der Waals surface area contributed by atoms with E-state index in [-0.39, 0.29) is 10.8 Å². The van der Waals surface area contributed by atoms with E-state index in [9.17, 15) is 0 Å². The van der Waals surface area contributed by atoms with Crippen molar-refractivity contribution < 1.29 is 4.84 Å². The van der Waals surface area contributed by atoms with Crippen molar-refractivity contribution in [1.29, 1.82) is 0 Å². The van der Waals surface area contributed by atoms with Crippen molar-refractivity contribution in [3.05, 3.63) is 83.9 Å². The highest BCUT2D eigenvalue weighted by atomic mass is 16.7. The summed E-state index contributed by atoms with van der Waals surface area (Å²) in [5.41, 5.74) is 5.67. The molecule has 1 aliphatic rings. The van der Waals surface area contributed by atoms with Gasteiger partial charge in [0.15, 0.2) is 5.75 Å². The number of rotatable bonds is 2. The lowest BCUT2D eigenvalue weighted by Gasteiger charge is -2.29. The molecule has 0 atom stereocenters. The highest BCUT2D eigenvalue weighted by Gasteiger charge is 2.37. The second-order valence-electron chi connectivity index (χ2n) is 9.72. The van der Waals surface area contributed by atoms with E-state index in [4.69, 9.17) is 4.84 Å². The van der Waals surface area contributed by atoms with Crippen LogP contribution in [0.1, 0.15) is 52.7 Å². The molecule has 0 saturated heterocycles. The Morgan fingerprint density at radius 2 is 1.21 bits per heavy atom. The molecule has 3 aromatic rings. The molecule has 1 aliphatic heterocycles. The summed E-state index contributed by atoms with van der Waals surface area (Å²) in [6, 6.07) is 25.3. The molecular weight excluding hydrogens is 356 g/mol. The van der Waals surface area contributed by atoms with Crippen LogP contribution in [-0.2, 0) is 10.8 Å². The van der Waals surface area contributed by atoms with Gasteiger partial charge in [0.25, 0.3) is 0 Å². The molecule has 0 spiro atoms. The van der Waals surface area contributed by atoms with E-state index in [0.717, 1.165) is 22.8 Å². The van der Waals surface area contributed by atoms with Crippen LogP contribution in [0.4, 0.5) is 17.1 Å². The van der Waals surface area contributed by atoms with Crippen LogP contribution >= 0.6 is 0 Å². The fourth-order valence-electron chi connectivity index (χ4n) is 3.62. The fourth-order valence-corrected chi connectivity index (χ4v) is 3.62. The molecular formula is C26H30N2O. The second-order valence-corrected chi connectivity index (χ2v) is 9.72. The van der Waals surface area contributed by atoms with E-state index in [1.807, 2.05) is 29.4 Å². The Labute approximate surface area is 174 Å². The molecule has 1 heterocycles. The fraction of sp³-hybridized carbons (Fsp3) is 0.308. The Balaban J connectivity index is 1.98. The Kier molecular flexibility index (Phi) is 4.57. The lowest BCUT2D eigenvalue weighted by atomic mass is 9.79. The zero-order valence-corrected chi connectivity index (χ0v) is 18.2. The summed E-state index contributed by atoms with van der Waals surface area (Å²) in [5, 5.41) is 4.08. The third-order valence-corrected chi connectivity index (χ3v) is 5.31. The van der Waals surface area contributed by atoms with Crippen LogP contribution in [0.2, 0.25) is 0 Å². The van der Waals surface area contributed by atoms with Gasteiger partial charge in [0.2, 0.25) is 0 Å². The highest BCUT2D eigenvalue weighted by Crippen LogP contribution is 2.50. The van der Waals surface area contributed by atoms with Gasteiger partial charge in [0, 0.05) is 5.56 Å². The summed E-state index contributed by atoms with van der Waals surface area (Å²) in [6.45, 7) is 13.5. The first-order chi connectivity index (χ1) is 13.7. The minimum Gasteiger partial charge on any atom is -0.356 e. The highest BCUT2D eigenvalue weighted by molar-refractivity contribution is 5.79. The first-order valence-electron chi connectivity index (χ1n) is 10.2. The summed E-state index contributed by atoms with van der Waals surface area (Å²) in [5.74, 6) is 0.929. The predicted molar refractivity (Wildman–Crippen MR) is 122 cm³/mol. The number of hydrogen-bond donors (Lipinski definition) is 0. The van der Waals surface area contributed by atoms with Crippen molar-refractivity contribution in [2.24, 2.45) is 0 Å². The van der Waals surface area contributed by atoms with E-state index in [1.165, 1.54) is 11.1 Å². The van der Waals surface area contributed by atoms with E-state index in [1.54, 1.807) is 0 Å². The standard InChI is InChI=1S/C26H30N2O/c1-25(2,3)19-17-22(26(4,5)6)24-23(18-19)27(20-13-9-7-10-14-20)28(29-24)21-15-11-8-12-16-21/h7-18H,1-6H3. The number of fused-ring (bicyclic) bond motifs is 1. The summed E-state index contributed by atoms with van der Waals surface area (Å²) in [7, 11) is 0. The number of nitrogens with zero attached hydrogens (tertiary/aromatic N) is 2. The minimum atomic E-state index is -0.0413. The zero-order valence-electron chi connectivity index (χ0n) is 18.2. The number of hydrogen-bond acceptors (Lipinski definition) is 3. The third-order valence-electron chi connectivity index (χ3n) is 5.31. The Morgan fingerprint density at radius 1 is 0.655 bits per heavy atom. The average molecular weight is 387 g/mol. The van der Waals surface area contributed by atoms with Crippen LogP contribution in [0.15, 0.2) is 72.8 Å². The predicted octanol–water partition coefficient (Wildman–Crippen LogP) is 7.15. The maximum Gasteiger partial charge on any atom is 0.187 e. The van der Waals surface area contributed by atoms with Crippen LogP contribution in [0.5, 0.6) is 5.75 Å². The summed E-state index contributed by atoms with van der Waals surface area (Å²) in [4.78, 5) is 6.54. The topological polar surface area (TPSA) is 15.7 Å². The van der Waals surface area contributed by atoms with Gasteiger partial charge in [0.05, 0.1) is 5.69 Å². The van der Waals surface area contributed by atoms with Crippen LogP contribution in [0.25, 0.3) is 0 Å². The van der Waals surface area contributed by atoms with Gasteiger partial charge in [-0.2, -0.15) is 0 Å². The van der Waals surface area contributed by atoms with Crippen molar-refractivity contribution in [2.75, 3.05) is 10.2 Å². The summed E-state index contributed by atoms with van der Waals surface area (Å²) in [6.07, 6.45) is 0. The Hall–Kier alpha value is -2.94. The van der Waals surface area contributed by atoms with E-state index in [2.05, 4.69) is 95.1 Å². The normalized spacial score (nSPS) is 14.0. The number of benzene rings is 3. The van der Waals surface area contributed by atoms with Gasteiger partial charge in [-0.05, 0) is 46.7 Å². The molecule has 0 radical (unpaired) electrons. The molecule has 3 aromatic carbocycles. The van der Waals surface area contributed by atoms with Crippen molar-refractivity contribution in [3.8, 4) is 5.75 Å². The molecule has 0 bridgehead atoms. The molecule has 29 heavy (non-hydrogen) atoms. The molecule has 3 nitrogen and oxygen atoms in total. The van der Waals surface area contributed by atoms with E-state index in [0.29, 0.717) is 0 Å². The molecule has 150 valence electrons. The molecule has 0 aromatic heterocycles. The van der Waals surface area contributed by atoms with Gasteiger partial charge >= 0.3 is 0 Å². The monoisotopic (exact) mass is 386 g/mol. The first-order valence-corrected chi connectivity index (χ1v) is 10.2. The molecule has 0 N–H and O–H groups in total. The maximum absolute atomic E-state index is 6.54. The van der Waals surface area contributed by atoms with Crippen LogP contribution in [0, 0.1) is 0 Å². The SMILES string of the molecule is CC(C)(C)c1cc2c(c(C(C)(C)C)c1)ON(c1ccccc1)N2c1ccccc1.